The summed E-state index contributed by atoms with van der Waals surface area (Å²) >= 11 is 0. The fourth-order valence-electron chi connectivity index (χ4n) is 3.68. The summed E-state index contributed by atoms with van der Waals surface area (Å²) in [5.74, 6) is 1.23. The molecule has 4 heterocycles. The van der Waals surface area contributed by atoms with Gasteiger partial charge < -0.3 is 21.1 Å². The van der Waals surface area contributed by atoms with E-state index < -0.39 is 6.55 Å². The Bertz CT molecular complexity index is 1250. The first-order valence-corrected chi connectivity index (χ1v) is 10.0. The first-order valence-electron chi connectivity index (χ1n) is 10.0. The summed E-state index contributed by atoms with van der Waals surface area (Å²) in [6, 6.07) is 7.36. The van der Waals surface area contributed by atoms with Crippen LogP contribution < -0.4 is 16.4 Å². The molecular weight excluding hydrogens is 420 g/mol. The summed E-state index contributed by atoms with van der Waals surface area (Å²) in [4.78, 5) is 15.8. The van der Waals surface area contributed by atoms with Crippen molar-refractivity contribution in [3.8, 4) is 5.69 Å². The average molecular weight is 441 g/mol. The van der Waals surface area contributed by atoms with E-state index in [0.717, 1.165) is 5.56 Å². The normalized spacial score (nSPS) is 14.5. The van der Waals surface area contributed by atoms with Crippen molar-refractivity contribution >= 4 is 28.6 Å². The topological polar surface area (TPSA) is 126 Å². The van der Waals surface area contributed by atoms with Gasteiger partial charge in [0, 0.05) is 25.2 Å². The van der Waals surface area contributed by atoms with Crippen LogP contribution in [-0.2, 0) is 11.2 Å². The van der Waals surface area contributed by atoms with Crippen LogP contribution in [0, 0.1) is 0 Å². The number of nitrogens with zero attached hydrogens (tertiary/aromatic N) is 7. The lowest BCUT2D eigenvalue weighted by atomic mass is 10.1. The number of anilines is 3. The van der Waals surface area contributed by atoms with Gasteiger partial charge in [-0.15, -0.1) is 0 Å². The molecule has 12 heteroatoms. The highest BCUT2D eigenvalue weighted by atomic mass is 19.3. The maximum absolute atomic E-state index is 13.2. The summed E-state index contributed by atoms with van der Waals surface area (Å²) in [6.07, 6.45) is 3.01. The van der Waals surface area contributed by atoms with Crippen LogP contribution in [0.15, 0.2) is 36.7 Å². The highest BCUT2D eigenvalue weighted by Gasteiger charge is 2.23. The van der Waals surface area contributed by atoms with Crippen molar-refractivity contribution in [3.05, 3.63) is 48.0 Å². The SMILES string of the molecule is Nc1ccc(Cc2nc3c(N)nc(N4CCOCC4)nc3n2-c2cnn(C(F)F)c2)cc1. The van der Waals surface area contributed by atoms with Gasteiger partial charge in [-0.1, -0.05) is 12.1 Å². The molecule has 0 spiro atoms. The maximum atomic E-state index is 13.2. The molecule has 10 nitrogen and oxygen atoms in total. The lowest BCUT2D eigenvalue weighted by Crippen LogP contribution is -2.37. The zero-order chi connectivity index (χ0) is 22.2. The number of rotatable bonds is 5. The summed E-state index contributed by atoms with van der Waals surface area (Å²) < 4.78 is 34.1. The molecule has 0 saturated carbocycles. The van der Waals surface area contributed by atoms with Gasteiger partial charge in [-0.25, -0.2) is 9.67 Å². The molecule has 1 fully saturated rings. The standard InChI is InChI=1S/C20H21F2N9O/c21-19(22)30-11-14(10-25-30)31-15(9-12-1-3-13(23)4-2-12)26-16-17(24)27-20(28-18(16)31)29-5-7-32-8-6-29/h1-4,10-11,19H,5-9,23H2,(H2,24,27,28). The van der Waals surface area contributed by atoms with Gasteiger partial charge in [0.25, 0.3) is 0 Å². The molecule has 0 bridgehead atoms. The molecule has 1 aromatic carbocycles. The van der Waals surface area contributed by atoms with Crippen LogP contribution in [0.3, 0.4) is 0 Å². The largest absolute Gasteiger partial charge is 0.399 e. The first kappa shape index (κ1) is 20.1. The Balaban J connectivity index is 1.66. The van der Waals surface area contributed by atoms with Gasteiger partial charge in [0.2, 0.25) is 5.95 Å². The minimum atomic E-state index is -2.76. The third kappa shape index (κ3) is 3.68. The minimum absolute atomic E-state index is 0.218. The second-order valence-electron chi connectivity index (χ2n) is 7.42. The van der Waals surface area contributed by atoms with Crippen LogP contribution >= 0.6 is 0 Å². The molecule has 0 radical (unpaired) electrons. The van der Waals surface area contributed by atoms with E-state index in [9.17, 15) is 8.78 Å². The van der Waals surface area contributed by atoms with Crippen molar-refractivity contribution in [1.29, 1.82) is 0 Å². The molecule has 3 aromatic heterocycles. The Labute approximate surface area is 181 Å². The summed E-state index contributed by atoms with van der Waals surface area (Å²) in [5, 5.41) is 3.77. The Hall–Kier alpha value is -3.80. The Morgan fingerprint density at radius 2 is 1.78 bits per heavy atom. The third-order valence-electron chi connectivity index (χ3n) is 5.27. The molecule has 0 aliphatic carbocycles. The Morgan fingerprint density at radius 3 is 2.47 bits per heavy atom. The number of fused-ring (bicyclic) bond motifs is 1. The number of morpholine rings is 1. The van der Waals surface area contributed by atoms with Crippen molar-refractivity contribution < 1.29 is 13.5 Å². The van der Waals surface area contributed by atoms with Gasteiger partial charge in [-0.3, -0.25) is 4.57 Å². The summed E-state index contributed by atoms with van der Waals surface area (Å²) in [5.41, 5.74) is 14.9. The number of alkyl halides is 2. The van der Waals surface area contributed by atoms with Crippen LogP contribution in [0.2, 0.25) is 0 Å². The number of ether oxygens (including phenoxy) is 1. The fourth-order valence-corrected chi connectivity index (χ4v) is 3.68. The third-order valence-corrected chi connectivity index (χ3v) is 5.27. The van der Waals surface area contributed by atoms with E-state index in [1.165, 1.54) is 12.4 Å². The van der Waals surface area contributed by atoms with Gasteiger partial charge in [0.1, 0.15) is 5.82 Å². The monoisotopic (exact) mass is 441 g/mol. The van der Waals surface area contributed by atoms with Crippen LogP contribution in [0.25, 0.3) is 16.9 Å². The first-order chi connectivity index (χ1) is 15.5. The number of nitrogens with two attached hydrogens (primary N) is 2. The quantitative estimate of drug-likeness (QED) is 0.451. The van der Waals surface area contributed by atoms with Crippen molar-refractivity contribution in [3.63, 3.8) is 0 Å². The summed E-state index contributed by atoms with van der Waals surface area (Å²) in [6.45, 7) is -0.391. The molecule has 4 aromatic rings. The van der Waals surface area contributed by atoms with E-state index in [2.05, 4.69) is 15.1 Å². The van der Waals surface area contributed by atoms with Crippen LogP contribution in [-0.4, -0.2) is 55.6 Å². The number of hydrogen-bond donors (Lipinski definition) is 2. The molecule has 32 heavy (non-hydrogen) atoms. The highest BCUT2D eigenvalue weighted by molar-refractivity contribution is 5.85. The predicted octanol–water partition coefficient (Wildman–Crippen LogP) is 2.00. The van der Waals surface area contributed by atoms with E-state index in [1.807, 2.05) is 17.0 Å². The Morgan fingerprint density at radius 1 is 1.03 bits per heavy atom. The molecule has 1 saturated heterocycles. The summed E-state index contributed by atoms with van der Waals surface area (Å²) in [7, 11) is 0. The average Bonchev–Trinajstić information content (AvgIpc) is 3.41. The molecule has 0 unspecified atom stereocenters. The van der Waals surface area contributed by atoms with Crippen LogP contribution in [0.5, 0.6) is 0 Å². The lowest BCUT2D eigenvalue weighted by molar-refractivity contribution is 0.0566. The van der Waals surface area contributed by atoms with Crippen molar-refractivity contribution in [2.24, 2.45) is 0 Å². The van der Waals surface area contributed by atoms with Gasteiger partial charge in [0.05, 0.1) is 31.3 Å². The van der Waals surface area contributed by atoms with Crippen LogP contribution in [0.1, 0.15) is 17.9 Å². The van der Waals surface area contributed by atoms with Crippen molar-refractivity contribution in [2.75, 3.05) is 42.7 Å². The highest BCUT2D eigenvalue weighted by Crippen LogP contribution is 2.28. The minimum Gasteiger partial charge on any atom is -0.399 e. The number of aromatic nitrogens is 6. The fraction of sp³-hybridized carbons (Fsp3) is 0.300. The zero-order valence-electron chi connectivity index (χ0n) is 17.0. The Kier molecular flexibility index (Phi) is 5.05. The molecular formula is C20H21F2N9O. The molecule has 0 atom stereocenters. The maximum Gasteiger partial charge on any atom is 0.333 e. The number of halogens is 2. The molecule has 0 amide bonds. The molecule has 4 N–H and O–H groups in total. The smallest absolute Gasteiger partial charge is 0.333 e. The number of hydrogen-bond acceptors (Lipinski definition) is 8. The predicted molar refractivity (Wildman–Crippen MR) is 115 cm³/mol. The van der Waals surface area contributed by atoms with E-state index >= 15 is 0 Å². The lowest BCUT2D eigenvalue weighted by Gasteiger charge is -2.26. The zero-order valence-corrected chi connectivity index (χ0v) is 17.0. The van der Waals surface area contributed by atoms with Crippen LogP contribution in [0.4, 0.5) is 26.2 Å². The number of nitrogen functional groups attached to an aromatic ring is 2. The number of imidazole rings is 1. The molecule has 1 aliphatic rings. The van der Waals surface area contributed by atoms with Gasteiger partial charge in [-0.05, 0) is 17.7 Å². The van der Waals surface area contributed by atoms with Crippen molar-refractivity contribution in [1.82, 2.24) is 29.3 Å². The molecule has 166 valence electrons. The van der Waals surface area contributed by atoms with Gasteiger partial charge in [-0.2, -0.15) is 23.8 Å². The van der Waals surface area contributed by atoms with Gasteiger partial charge >= 0.3 is 6.55 Å². The van der Waals surface area contributed by atoms with Crippen molar-refractivity contribution in [2.45, 2.75) is 13.0 Å². The second kappa shape index (κ2) is 8.04. The van der Waals surface area contributed by atoms with E-state index in [4.69, 9.17) is 21.2 Å². The second-order valence-corrected chi connectivity index (χ2v) is 7.42. The molecule has 5 rings (SSSR count). The van der Waals surface area contributed by atoms with E-state index in [0.29, 0.717) is 71.7 Å². The van der Waals surface area contributed by atoms with E-state index in [-0.39, 0.29) is 5.82 Å². The van der Waals surface area contributed by atoms with E-state index in [1.54, 1.807) is 16.7 Å². The molecule has 1 aliphatic heterocycles. The van der Waals surface area contributed by atoms with Gasteiger partial charge in [0.15, 0.2) is 17.0 Å². The number of benzene rings is 1.